The first-order valence-corrected chi connectivity index (χ1v) is 8.61. The molecule has 0 aliphatic carbocycles. The van der Waals surface area contributed by atoms with Crippen LogP contribution in [-0.2, 0) is 14.6 Å². The number of sulfone groups is 1. The van der Waals surface area contributed by atoms with Crippen molar-refractivity contribution in [2.45, 2.75) is 38.0 Å². The number of Topliss-reactive ketones (excluding diaryl/α,β-unsaturated/α-hetero) is 1. The predicted molar refractivity (Wildman–Crippen MR) is 72.3 cm³/mol. The molecular formula is C11H21NO3S2. The van der Waals surface area contributed by atoms with Gasteiger partial charge >= 0.3 is 0 Å². The summed E-state index contributed by atoms with van der Waals surface area (Å²) >= 11 is 1.74. The van der Waals surface area contributed by atoms with Crippen LogP contribution in [0.15, 0.2) is 0 Å². The number of carbonyl (C=O) groups excluding carboxylic acids is 1. The van der Waals surface area contributed by atoms with E-state index in [-0.39, 0.29) is 24.0 Å². The second-order valence-electron chi connectivity index (χ2n) is 5.23. The smallest absolute Gasteiger partial charge is 0.155 e. The molecule has 0 saturated carbocycles. The molecule has 6 heteroatoms. The van der Waals surface area contributed by atoms with E-state index in [0.29, 0.717) is 0 Å². The summed E-state index contributed by atoms with van der Waals surface area (Å²) in [5, 5.41) is 3.13. The summed E-state index contributed by atoms with van der Waals surface area (Å²) < 4.78 is 22.9. The lowest BCUT2D eigenvalue weighted by molar-refractivity contribution is -0.120. The highest BCUT2D eigenvalue weighted by molar-refractivity contribution is 7.99. The number of nitrogens with one attached hydrogen (secondary N) is 1. The largest absolute Gasteiger partial charge is 0.306 e. The zero-order valence-electron chi connectivity index (χ0n) is 10.7. The Balaban J connectivity index is 2.48. The van der Waals surface area contributed by atoms with E-state index in [4.69, 9.17) is 0 Å². The van der Waals surface area contributed by atoms with Crippen LogP contribution in [0.1, 0.15) is 27.2 Å². The Labute approximate surface area is 108 Å². The van der Waals surface area contributed by atoms with Gasteiger partial charge in [0, 0.05) is 24.5 Å². The highest BCUT2D eigenvalue weighted by Crippen LogP contribution is 2.18. The van der Waals surface area contributed by atoms with Crippen molar-refractivity contribution in [2.24, 2.45) is 0 Å². The van der Waals surface area contributed by atoms with Crippen molar-refractivity contribution in [3.63, 3.8) is 0 Å². The van der Waals surface area contributed by atoms with Crippen molar-refractivity contribution < 1.29 is 13.2 Å². The summed E-state index contributed by atoms with van der Waals surface area (Å²) in [5.41, 5.74) is 0. The van der Waals surface area contributed by atoms with Gasteiger partial charge in [-0.1, -0.05) is 0 Å². The number of hydrogen-bond donors (Lipinski definition) is 1. The van der Waals surface area contributed by atoms with E-state index < -0.39 is 14.6 Å². The van der Waals surface area contributed by atoms with Gasteiger partial charge in [-0.25, -0.2) is 8.42 Å². The van der Waals surface area contributed by atoms with Gasteiger partial charge in [0.1, 0.15) is 0 Å². The van der Waals surface area contributed by atoms with Crippen molar-refractivity contribution in [1.29, 1.82) is 0 Å². The van der Waals surface area contributed by atoms with Crippen LogP contribution < -0.4 is 5.32 Å². The molecule has 0 radical (unpaired) electrons. The summed E-state index contributed by atoms with van der Waals surface area (Å²) in [4.78, 5) is 11.8. The lowest BCUT2D eigenvalue weighted by atomic mass is 10.1. The molecule has 4 nitrogen and oxygen atoms in total. The second kappa shape index (κ2) is 5.71. The summed E-state index contributed by atoms with van der Waals surface area (Å²) in [5.74, 6) is 1.75. The number of thioether (sulfide) groups is 1. The molecule has 1 atom stereocenters. The summed E-state index contributed by atoms with van der Waals surface area (Å²) in [6.45, 7) is 5.83. The first kappa shape index (κ1) is 15.0. The van der Waals surface area contributed by atoms with Crippen LogP contribution >= 0.6 is 11.8 Å². The van der Waals surface area contributed by atoms with Gasteiger partial charge in [0.15, 0.2) is 15.6 Å². The van der Waals surface area contributed by atoms with E-state index in [1.807, 2.05) is 0 Å². The first-order chi connectivity index (χ1) is 7.74. The van der Waals surface area contributed by atoms with Crippen LogP contribution in [-0.4, -0.2) is 48.8 Å². The van der Waals surface area contributed by atoms with E-state index in [0.717, 1.165) is 18.1 Å². The van der Waals surface area contributed by atoms with Crippen LogP contribution in [0.2, 0.25) is 0 Å². The molecule has 1 N–H and O–H groups in total. The zero-order valence-corrected chi connectivity index (χ0v) is 12.3. The molecular weight excluding hydrogens is 258 g/mol. The third-order valence-corrected chi connectivity index (χ3v) is 6.53. The van der Waals surface area contributed by atoms with Gasteiger partial charge < -0.3 is 5.32 Å². The molecule has 0 aromatic heterocycles. The molecule has 1 aliphatic rings. The van der Waals surface area contributed by atoms with Crippen molar-refractivity contribution >= 4 is 27.4 Å². The molecule has 0 bridgehead atoms. The number of ketones is 1. The third kappa shape index (κ3) is 4.26. The molecule has 100 valence electrons. The third-order valence-electron chi connectivity index (χ3n) is 2.86. The average molecular weight is 279 g/mol. The Hall–Kier alpha value is -0.0700. The van der Waals surface area contributed by atoms with E-state index >= 15 is 0 Å². The maximum Gasteiger partial charge on any atom is 0.155 e. The topological polar surface area (TPSA) is 63.2 Å². The monoisotopic (exact) mass is 279 g/mol. The lowest BCUT2D eigenvalue weighted by Gasteiger charge is -2.23. The molecule has 1 saturated heterocycles. The van der Waals surface area contributed by atoms with Gasteiger partial charge in [-0.05, 0) is 20.8 Å². The molecule has 1 fully saturated rings. The summed E-state index contributed by atoms with van der Waals surface area (Å²) in [7, 11) is -3.19. The minimum atomic E-state index is -3.19. The maximum atomic E-state index is 11.9. The van der Waals surface area contributed by atoms with Gasteiger partial charge in [0.05, 0.1) is 16.5 Å². The van der Waals surface area contributed by atoms with Crippen LogP contribution in [0.3, 0.4) is 0 Å². The Morgan fingerprint density at radius 1 is 1.41 bits per heavy atom. The predicted octanol–water partition coefficient (Wildman–Crippen LogP) is 0.864. The number of hydrogen-bond acceptors (Lipinski definition) is 5. The van der Waals surface area contributed by atoms with Crippen LogP contribution in [0.4, 0.5) is 0 Å². The fraction of sp³-hybridized carbons (Fsp3) is 0.909. The lowest BCUT2D eigenvalue weighted by Crippen LogP contribution is -2.44. The van der Waals surface area contributed by atoms with Gasteiger partial charge in [-0.3, -0.25) is 4.79 Å². The fourth-order valence-corrected chi connectivity index (χ4v) is 3.54. The molecule has 1 aliphatic heterocycles. The van der Waals surface area contributed by atoms with Crippen molar-refractivity contribution in [3.05, 3.63) is 0 Å². The van der Waals surface area contributed by atoms with E-state index in [9.17, 15) is 13.2 Å². The van der Waals surface area contributed by atoms with Gasteiger partial charge in [0.2, 0.25) is 0 Å². The fourth-order valence-electron chi connectivity index (χ4n) is 1.49. The van der Waals surface area contributed by atoms with Crippen LogP contribution in [0, 0.1) is 0 Å². The van der Waals surface area contributed by atoms with E-state index in [2.05, 4.69) is 5.32 Å². The molecule has 1 unspecified atom stereocenters. The summed E-state index contributed by atoms with van der Waals surface area (Å²) in [6, 6.07) is -0.163. The molecule has 17 heavy (non-hydrogen) atoms. The average Bonchev–Trinajstić information content (AvgIpc) is 2.25. The Bertz CT molecular complexity index is 365. The maximum absolute atomic E-state index is 11.9. The highest BCUT2D eigenvalue weighted by Gasteiger charge is 2.30. The summed E-state index contributed by atoms with van der Waals surface area (Å²) in [6.07, 6.45) is 0.123. The van der Waals surface area contributed by atoms with Crippen LogP contribution in [0.25, 0.3) is 0 Å². The zero-order chi connectivity index (χ0) is 13.1. The Morgan fingerprint density at radius 3 is 2.53 bits per heavy atom. The minimum absolute atomic E-state index is 0.0185. The Kier molecular flexibility index (Phi) is 5.04. The number of rotatable bonds is 4. The molecule has 0 aromatic rings. The van der Waals surface area contributed by atoms with Gasteiger partial charge in [0.25, 0.3) is 0 Å². The standard InChI is InChI=1S/C11H21NO3S2/c1-11(2,3)17(14,15)7-4-10(13)9-8-16-6-5-12-9/h9,12H,4-8H2,1-3H3. The highest BCUT2D eigenvalue weighted by atomic mass is 32.2. The van der Waals surface area contributed by atoms with Gasteiger partial charge in [-0.15, -0.1) is 0 Å². The molecule has 0 amide bonds. The molecule has 1 heterocycles. The Morgan fingerprint density at radius 2 is 2.06 bits per heavy atom. The quantitative estimate of drug-likeness (QED) is 0.827. The van der Waals surface area contributed by atoms with Crippen molar-refractivity contribution in [1.82, 2.24) is 5.32 Å². The SMILES string of the molecule is CC(C)(C)S(=O)(=O)CCC(=O)C1CSCCN1. The minimum Gasteiger partial charge on any atom is -0.306 e. The van der Waals surface area contributed by atoms with Gasteiger partial charge in [-0.2, -0.15) is 11.8 Å². The molecule has 0 aromatic carbocycles. The number of carbonyl (C=O) groups is 1. The molecule has 1 rings (SSSR count). The normalized spacial score (nSPS) is 22.4. The van der Waals surface area contributed by atoms with Crippen molar-refractivity contribution in [2.75, 3.05) is 23.8 Å². The van der Waals surface area contributed by atoms with Crippen molar-refractivity contribution in [3.8, 4) is 0 Å². The second-order valence-corrected chi connectivity index (χ2v) is 9.24. The van der Waals surface area contributed by atoms with Crippen LogP contribution in [0.5, 0.6) is 0 Å². The molecule has 0 spiro atoms. The first-order valence-electron chi connectivity index (χ1n) is 5.80. The van der Waals surface area contributed by atoms with E-state index in [1.165, 1.54) is 0 Å². The van der Waals surface area contributed by atoms with E-state index in [1.54, 1.807) is 32.5 Å².